The number of nitrogens with zero attached hydrogens (tertiary/aromatic N) is 2. The molecule has 1 atom stereocenters. The number of amides is 3. The van der Waals surface area contributed by atoms with Gasteiger partial charge in [0.25, 0.3) is 5.91 Å². The van der Waals surface area contributed by atoms with Crippen LogP contribution in [0, 0.1) is 0 Å². The van der Waals surface area contributed by atoms with E-state index in [4.69, 9.17) is 0 Å². The van der Waals surface area contributed by atoms with Gasteiger partial charge in [0.05, 0.1) is 0 Å². The monoisotopic (exact) mass is 329 g/mol. The Bertz CT molecular complexity index is 596. The minimum Gasteiger partial charge on any atom is -0.339 e. The molecule has 1 N–H and O–H groups in total. The van der Waals surface area contributed by atoms with Crippen LogP contribution in [0.3, 0.4) is 0 Å². The smallest absolute Gasteiger partial charge is 0.317 e. The van der Waals surface area contributed by atoms with Crippen molar-refractivity contribution in [2.75, 3.05) is 32.7 Å². The van der Waals surface area contributed by atoms with Gasteiger partial charge < -0.3 is 15.1 Å². The Morgan fingerprint density at radius 3 is 2.62 bits per heavy atom. The predicted molar refractivity (Wildman–Crippen MR) is 94.2 cm³/mol. The van der Waals surface area contributed by atoms with Crippen LogP contribution in [0.5, 0.6) is 0 Å². The second-order valence-electron chi connectivity index (χ2n) is 6.75. The standard InChI is InChI=1S/C19H27N3O2/c1-2-20-19(24)22-12-6-9-17(14-22)15-7-5-8-16(13-15)18(23)21-10-3-4-11-21/h5,7-8,13,17H,2-4,6,9-12,14H2,1H3,(H,20,24). The summed E-state index contributed by atoms with van der Waals surface area (Å²) in [5.41, 5.74) is 1.96. The number of hydrogen-bond acceptors (Lipinski definition) is 2. The molecule has 24 heavy (non-hydrogen) atoms. The Kier molecular flexibility index (Phi) is 5.38. The maximum Gasteiger partial charge on any atom is 0.317 e. The van der Waals surface area contributed by atoms with Crippen LogP contribution in [-0.2, 0) is 0 Å². The molecule has 2 fully saturated rings. The normalized spacial score (nSPS) is 21.0. The van der Waals surface area contributed by atoms with E-state index >= 15 is 0 Å². The lowest BCUT2D eigenvalue weighted by Crippen LogP contribution is -2.44. The number of urea groups is 1. The zero-order chi connectivity index (χ0) is 16.9. The molecule has 2 aliphatic heterocycles. The fourth-order valence-electron chi connectivity index (χ4n) is 3.73. The number of carbonyl (C=O) groups is 2. The topological polar surface area (TPSA) is 52.7 Å². The molecule has 2 heterocycles. The SMILES string of the molecule is CCNC(=O)N1CCCC(c2cccc(C(=O)N3CCCC3)c2)C1. The van der Waals surface area contributed by atoms with E-state index < -0.39 is 0 Å². The molecule has 3 amide bonds. The van der Waals surface area contributed by atoms with Gasteiger partial charge in [0.1, 0.15) is 0 Å². The highest BCUT2D eigenvalue weighted by atomic mass is 16.2. The maximum absolute atomic E-state index is 12.6. The minimum atomic E-state index is 0.0199. The van der Waals surface area contributed by atoms with Crippen LogP contribution in [0.1, 0.15) is 54.4 Å². The van der Waals surface area contributed by atoms with Gasteiger partial charge in [0, 0.05) is 44.2 Å². The third-order valence-corrected chi connectivity index (χ3v) is 5.03. The summed E-state index contributed by atoms with van der Waals surface area (Å²) in [6, 6.07) is 8.03. The van der Waals surface area contributed by atoms with Crippen molar-refractivity contribution in [1.29, 1.82) is 0 Å². The Morgan fingerprint density at radius 1 is 1.12 bits per heavy atom. The van der Waals surface area contributed by atoms with Crippen LogP contribution >= 0.6 is 0 Å². The van der Waals surface area contributed by atoms with Gasteiger partial charge in [-0.05, 0) is 50.3 Å². The van der Waals surface area contributed by atoms with Gasteiger partial charge in [-0.1, -0.05) is 12.1 Å². The van der Waals surface area contributed by atoms with E-state index in [1.165, 1.54) is 5.56 Å². The molecular formula is C19H27N3O2. The zero-order valence-electron chi connectivity index (χ0n) is 14.5. The molecular weight excluding hydrogens is 302 g/mol. The average molecular weight is 329 g/mol. The van der Waals surface area contributed by atoms with Crippen LogP contribution in [0.4, 0.5) is 4.79 Å². The third kappa shape index (κ3) is 3.71. The lowest BCUT2D eigenvalue weighted by Gasteiger charge is -2.33. The van der Waals surface area contributed by atoms with Crippen LogP contribution in [-0.4, -0.2) is 54.5 Å². The van der Waals surface area contributed by atoms with Crippen LogP contribution < -0.4 is 5.32 Å². The highest BCUT2D eigenvalue weighted by molar-refractivity contribution is 5.94. The molecule has 5 heteroatoms. The second kappa shape index (κ2) is 7.69. The number of likely N-dealkylation sites (tertiary alicyclic amines) is 2. The van der Waals surface area contributed by atoms with E-state index in [2.05, 4.69) is 11.4 Å². The molecule has 130 valence electrons. The first kappa shape index (κ1) is 16.8. The number of benzene rings is 1. The van der Waals surface area contributed by atoms with Crippen molar-refractivity contribution in [3.8, 4) is 0 Å². The molecule has 0 aliphatic carbocycles. The molecule has 0 saturated carbocycles. The molecule has 0 spiro atoms. The van der Waals surface area contributed by atoms with Gasteiger partial charge in [0.2, 0.25) is 0 Å². The Labute approximate surface area is 144 Å². The molecule has 3 rings (SSSR count). The van der Waals surface area contributed by atoms with E-state index in [1.807, 2.05) is 34.9 Å². The molecule has 5 nitrogen and oxygen atoms in total. The van der Waals surface area contributed by atoms with Gasteiger partial charge in [-0.2, -0.15) is 0 Å². The quantitative estimate of drug-likeness (QED) is 0.927. The summed E-state index contributed by atoms with van der Waals surface area (Å²) in [5.74, 6) is 0.457. The summed E-state index contributed by atoms with van der Waals surface area (Å²) in [4.78, 5) is 28.5. The molecule has 2 saturated heterocycles. The van der Waals surface area contributed by atoms with Crippen molar-refractivity contribution in [3.05, 3.63) is 35.4 Å². The van der Waals surface area contributed by atoms with E-state index in [9.17, 15) is 9.59 Å². The summed E-state index contributed by atoms with van der Waals surface area (Å²) in [6.07, 6.45) is 4.29. The van der Waals surface area contributed by atoms with Gasteiger partial charge in [-0.3, -0.25) is 4.79 Å². The Morgan fingerprint density at radius 2 is 1.88 bits per heavy atom. The van der Waals surface area contributed by atoms with E-state index in [0.29, 0.717) is 12.5 Å². The van der Waals surface area contributed by atoms with Crippen LogP contribution in [0.25, 0.3) is 0 Å². The number of rotatable bonds is 3. The predicted octanol–water partition coefficient (Wildman–Crippen LogP) is 2.83. The zero-order valence-corrected chi connectivity index (χ0v) is 14.5. The molecule has 1 aromatic rings. The number of piperidine rings is 1. The highest BCUT2D eigenvalue weighted by Gasteiger charge is 2.26. The van der Waals surface area contributed by atoms with E-state index in [0.717, 1.165) is 57.4 Å². The summed E-state index contributed by atoms with van der Waals surface area (Å²) >= 11 is 0. The molecule has 0 aromatic heterocycles. The number of hydrogen-bond donors (Lipinski definition) is 1. The molecule has 2 aliphatic rings. The Hall–Kier alpha value is -2.04. The lowest BCUT2D eigenvalue weighted by molar-refractivity contribution is 0.0792. The van der Waals surface area contributed by atoms with E-state index in [-0.39, 0.29) is 11.9 Å². The first-order valence-electron chi connectivity index (χ1n) is 9.11. The number of nitrogens with one attached hydrogen (secondary N) is 1. The van der Waals surface area contributed by atoms with Crippen molar-refractivity contribution in [1.82, 2.24) is 15.1 Å². The molecule has 1 aromatic carbocycles. The van der Waals surface area contributed by atoms with Gasteiger partial charge in [0.15, 0.2) is 0 Å². The van der Waals surface area contributed by atoms with Crippen molar-refractivity contribution < 1.29 is 9.59 Å². The highest BCUT2D eigenvalue weighted by Crippen LogP contribution is 2.28. The van der Waals surface area contributed by atoms with Crippen molar-refractivity contribution in [3.63, 3.8) is 0 Å². The fourth-order valence-corrected chi connectivity index (χ4v) is 3.73. The molecule has 0 radical (unpaired) electrons. The summed E-state index contributed by atoms with van der Waals surface area (Å²) in [7, 11) is 0. The van der Waals surface area contributed by atoms with Crippen molar-refractivity contribution in [2.45, 2.75) is 38.5 Å². The fraction of sp³-hybridized carbons (Fsp3) is 0.579. The van der Waals surface area contributed by atoms with Crippen molar-refractivity contribution >= 4 is 11.9 Å². The maximum atomic E-state index is 12.6. The van der Waals surface area contributed by atoms with Crippen LogP contribution in [0.15, 0.2) is 24.3 Å². The second-order valence-corrected chi connectivity index (χ2v) is 6.75. The minimum absolute atomic E-state index is 0.0199. The summed E-state index contributed by atoms with van der Waals surface area (Å²) in [5, 5.41) is 2.88. The van der Waals surface area contributed by atoms with Gasteiger partial charge >= 0.3 is 6.03 Å². The first-order chi connectivity index (χ1) is 11.7. The summed E-state index contributed by atoms with van der Waals surface area (Å²) in [6.45, 7) is 5.88. The third-order valence-electron chi connectivity index (χ3n) is 5.03. The van der Waals surface area contributed by atoms with Gasteiger partial charge in [-0.25, -0.2) is 4.79 Å². The largest absolute Gasteiger partial charge is 0.339 e. The molecule has 0 bridgehead atoms. The van der Waals surface area contributed by atoms with Gasteiger partial charge in [-0.15, -0.1) is 0 Å². The first-order valence-corrected chi connectivity index (χ1v) is 9.11. The van der Waals surface area contributed by atoms with Crippen LogP contribution in [0.2, 0.25) is 0 Å². The van der Waals surface area contributed by atoms with Crippen molar-refractivity contribution in [2.24, 2.45) is 0 Å². The number of carbonyl (C=O) groups excluding carboxylic acids is 2. The van der Waals surface area contributed by atoms with E-state index in [1.54, 1.807) is 0 Å². The Balaban J connectivity index is 1.71. The average Bonchev–Trinajstić information content (AvgIpc) is 3.16. The lowest BCUT2D eigenvalue weighted by atomic mass is 9.89. The summed E-state index contributed by atoms with van der Waals surface area (Å²) < 4.78 is 0. The molecule has 1 unspecified atom stereocenters.